The summed E-state index contributed by atoms with van der Waals surface area (Å²) in [6, 6.07) is 8.09. The maximum absolute atomic E-state index is 12.3. The van der Waals surface area contributed by atoms with E-state index in [1.807, 2.05) is 18.2 Å². The van der Waals surface area contributed by atoms with Crippen molar-refractivity contribution >= 4 is 11.6 Å². The molecule has 1 aromatic carbocycles. The molecular weight excluding hydrogens is 260 g/mol. The lowest BCUT2D eigenvalue weighted by Gasteiger charge is -2.23. The summed E-state index contributed by atoms with van der Waals surface area (Å²) in [6.45, 7) is 0.971. The minimum atomic E-state index is -0.0407. The van der Waals surface area contributed by atoms with Crippen LogP contribution in [0.1, 0.15) is 50.5 Å². The Labute approximate surface area is 127 Å². The summed E-state index contributed by atoms with van der Waals surface area (Å²) >= 11 is 0. The second-order valence-corrected chi connectivity index (χ2v) is 6.48. The van der Waals surface area contributed by atoms with Crippen LogP contribution < -0.4 is 10.6 Å². The number of aryl methyl sites for hydroxylation is 1. The number of hydrogen-bond donors (Lipinski definition) is 2. The van der Waals surface area contributed by atoms with E-state index >= 15 is 0 Å². The molecule has 1 aliphatic carbocycles. The fourth-order valence-electron chi connectivity index (χ4n) is 3.64. The number of benzene rings is 1. The molecule has 1 aliphatic heterocycles. The first kappa shape index (κ1) is 14.6. The molecule has 2 N–H and O–H groups in total. The molecule has 1 fully saturated rings. The van der Waals surface area contributed by atoms with E-state index in [0.717, 1.165) is 31.0 Å². The average Bonchev–Trinajstić information content (AvgIpc) is 2.68. The van der Waals surface area contributed by atoms with Crippen molar-refractivity contribution in [2.45, 2.75) is 57.4 Å². The Morgan fingerprint density at radius 2 is 1.90 bits per heavy atom. The number of nitrogens with one attached hydrogen (secondary N) is 2. The third-order valence-electron chi connectivity index (χ3n) is 4.96. The van der Waals surface area contributed by atoms with Crippen molar-refractivity contribution in [3.8, 4) is 0 Å². The van der Waals surface area contributed by atoms with Crippen molar-refractivity contribution < 1.29 is 4.79 Å². The summed E-state index contributed by atoms with van der Waals surface area (Å²) in [5.41, 5.74) is 2.24. The number of anilines is 1. The van der Waals surface area contributed by atoms with Crippen LogP contribution >= 0.6 is 0 Å². The molecule has 0 bridgehead atoms. The molecule has 1 aromatic rings. The lowest BCUT2D eigenvalue weighted by molar-refractivity contribution is -0.118. The van der Waals surface area contributed by atoms with Crippen LogP contribution in [0.5, 0.6) is 0 Å². The highest BCUT2D eigenvalue weighted by atomic mass is 16.2. The summed E-state index contributed by atoms with van der Waals surface area (Å²) in [6.07, 6.45) is 10.0. The normalized spacial score (nSPS) is 23.2. The van der Waals surface area contributed by atoms with E-state index in [1.165, 1.54) is 44.1 Å². The highest BCUT2D eigenvalue weighted by molar-refractivity contribution is 5.96. The molecule has 1 atom stereocenters. The van der Waals surface area contributed by atoms with Crippen LogP contribution in [0.2, 0.25) is 0 Å². The number of carbonyl (C=O) groups is 1. The van der Waals surface area contributed by atoms with Crippen LogP contribution in [0.25, 0.3) is 0 Å². The molecule has 1 saturated carbocycles. The van der Waals surface area contributed by atoms with Gasteiger partial charge >= 0.3 is 0 Å². The fourth-order valence-corrected chi connectivity index (χ4v) is 3.64. The Kier molecular flexibility index (Phi) is 4.91. The molecule has 0 aromatic heterocycles. The number of rotatable bonds is 4. The zero-order valence-corrected chi connectivity index (χ0v) is 12.7. The van der Waals surface area contributed by atoms with E-state index in [4.69, 9.17) is 0 Å². The van der Waals surface area contributed by atoms with Gasteiger partial charge in [0.1, 0.15) is 0 Å². The largest absolute Gasteiger partial charge is 0.324 e. The summed E-state index contributed by atoms with van der Waals surface area (Å²) in [7, 11) is 0. The third-order valence-corrected chi connectivity index (χ3v) is 4.96. The smallest absolute Gasteiger partial charge is 0.241 e. The third kappa shape index (κ3) is 3.85. The van der Waals surface area contributed by atoms with Gasteiger partial charge in [0.25, 0.3) is 0 Å². The SMILES string of the molecule is O=C1Nc2ccccc2CCC1NCCC1CCCCC1. The minimum Gasteiger partial charge on any atom is -0.324 e. The summed E-state index contributed by atoms with van der Waals surface area (Å²) in [5.74, 6) is 1.00. The molecule has 1 heterocycles. The highest BCUT2D eigenvalue weighted by Gasteiger charge is 2.23. The summed E-state index contributed by atoms with van der Waals surface area (Å²) < 4.78 is 0. The van der Waals surface area contributed by atoms with Crippen molar-refractivity contribution in [1.29, 1.82) is 0 Å². The molecule has 21 heavy (non-hydrogen) atoms. The molecule has 0 saturated heterocycles. The van der Waals surface area contributed by atoms with Gasteiger partial charge in [-0.15, -0.1) is 0 Å². The number of para-hydroxylation sites is 1. The van der Waals surface area contributed by atoms with Crippen LogP contribution in [-0.4, -0.2) is 18.5 Å². The number of fused-ring (bicyclic) bond motifs is 1. The molecular formula is C18H26N2O. The maximum Gasteiger partial charge on any atom is 0.241 e. The van der Waals surface area contributed by atoms with Gasteiger partial charge in [0.15, 0.2) is 0 Å². The number of amides is 1. The first-order valence-corrected chi connectivity index (χ1v) is 8.45. The van der Waals surface area contributed by atoms with Gasteiger partial charge in [-0.2, -0.15) is 0 Å². The van der Waals surface area contributed by atoms with E-state index in [9.17, 15) is 4.79 Å². The molecule has 2 aliphatic rings. The Balaban J connectivity index is 1.49. The Hall–Kier alpha value is -1.35. The van der Waals surface area contributed by atoms with Crippen molar-refractivity contribution in [3.63, 3.8) is 0 Å². The zero-order chi connectivity index (χ0) is 14.5. The second-order valence-electron chi connectivity index (χ2n) is 6.48. The number of carbonyl (C=O) groups excluding carboxylic acids is 1. The number of hydrogen-bond acceptors (Lipinski definition) is 2. The van der Waals surface area contributed by atoms with Gasteiger partial charge in [0.05, 0.1) is 6.04 Å². The summed E-state index contributed by atoms with van der Waals surface area (Å²) in [5, 5.41) is 6.54. The Morgan fingerprint density at radius 1 is 1.10 bits per heavy atom. The van der Waals surface area contributed by atoms with E-state index < -0.39 is 0 Å². The van der Waals surface area contributed by atoms with Gasteiger partial charge in [-0.25, -0.2) is 0 Å². The van der Waals surface area contributed by atoms with Crippen molar-refractivity contribution in [3.05, 3.63) is 29.8 Å². The van der Waals surface area contributed by atoms with Gasteiger partial charge in [-0.3, -0.25) is 4.79 Å². The van der Waals surface area contributed by atoms with Crippen LogP contribution in [0.3, 0.4) is 0 Å². The zero-order valence-electron chi connectivity index (χ0n) is 12.7. The van der Waals surface area contributed by atoms with Gasteiger partial charge in [0.2, 0.25) is 5.91 Å². The molecule has 0 spiro atoms. The lowest BCUT2D eigenvalue weighted by atomic mass is 9.87. The molecule has 3 rings (SSSR count). The van der Waals surface area contributed by atoms with E-state index in [1.54, 1.807) is 0 Å². The molecule has 1 unspecified atom stereocenters. The van der Waals surface area contributed by atoms with Gasteiger partial charge in [0, 0.05) is 5.69 Å². The molecule has 114 valence electrons. The van der Waals surface area contributed by atoms with E-state index in [2.05, 4.69) is 16.7 Å². The van der Waals surface area contributed by atoms with Crippen molar-refractivity contribution in [2.24, 2.45) is 5.92 Å². The predicted octanol–water partition coefficient (Wildman–Crippen LogP) is 3.50. The lowest BCUT2D eigenvalue weighted by Crippen LogP contribution is -2.40. The Bertz CT molecular complexity index is 480. The molecule has 1 amide bonds. The van der Waals surface area contributed by atoms with Crippen LogP contribution in [0, 0.1) is 5.92 Å². The van der Waals surface area contributed by atoms with Crippen LogP contribution in [-0.2, 0) is 11.2 Å². The van der Waals surface area contributed by atoms with Gasteiger partial charge in [-0.1, -0.05) is 50.3 Å². The van der Waals surface area contributed by atoms with Gasteiger partial charge < -0.3 is 10.6 Å². The van der Waals surface area contributed by atoms with Crippen molar-refractivity contribution in [1.82, 2.24) is 5.32 Å². The maximum atomic E-state index is 12.3. The topological polar surface area (TPSA) is 41.1 Å². The van der Waals surface area contributed by atoms with Crippen LogP contribution in [0.4, 0.5) is 5.69 Å². The monoisotopic (exact) mass is 286 g/mol. The average molecular weight is 286 g/mol. The summed E-state index contributed by atoms with van der Waals surface area (Å²) in [4.78, 5) is 12.3. The quantitative estimate of drug-likeness (QED) is 0.889. The second kappa shape index (κ2) is 7.08. The molecule has 0 radical (unpaired) electrons. The predicted molar refractivity (Wildman–Crippen MR) is 86.4 cm³/mol. The molecule has 3 nitrogen and oxygen atoms in total. The van der Waals surface area contributed by atoms with Crippen molar-refractivity contribution in [2.75, 3.05) is 11.9 Å². The van der Waals surface area contributed by atoms with E-state index in [0.29, 0.717) is 0 Å². The molecule has 3 heteroatoms. The fraction of sp³-hybridized carbons (Fsp3) is 0.611. The minimum absolute atomic E-state index is 0.0407. The Morgan fingerprint density at radius 3 is 2.76 bits per heavy atom. The van der Waals surface area contributed by atoms with Crippen LogP contribution in [0.15, 0.2) is 24.3 Å². The first-order chi connectivity index (χ1) is 10.3. The highest BCUT2D eigenvalue weighted by Crippen LogP contribution is 2.26. The first-order valence-electron chi connectivity index (χ1n) is 8.45. The standard InChI is InChI=1S/C18H26N2O/c21-18-17(19-13-12-14-6-2-1-3-7-14)11-10-15-8-4-5-9-16(15)20-18/h4-5,8-9,14,17,19H,1-3,6-7,10-13H2,(H,20,21). The van der Waals surface area contributed by atoms with E-state index in [-0.39, 0.29) is 11.9 Å². The van der Waals surface area contributed by atoms with Gasteiger partial charge in [-0.05, 0) is 43.4 Å².